The van der Waals surface area contributed by atoms with E-state index in [1.807, 2.05) is 0 Å². The molecule has 3 rings (SSSR count). The van der Waals surface area contributed by atoms with Crippen molar-refractivity contribution in [3.63, 3.8) is 0 Å². The topological polar surface area (TPSA) is 37.3 Å². The van der Waals surface area contributed by atoms with Crippen LogP contribution in [0.25, 0.3) is 0 Å². The van der Waals surface area contributed by atoms with Crippen molar-refractivity contribution < 1.29 is 9.90 Å². The average molecular weight is 461 g/mol. The fourth-order valence-corrected chi connectivity index (χ4v) is 5.90. The molecule has 160 valence electrons. The molecule has 0 spiro atoms. The van der Waals surface area contributed by atoms with E-state index >= 15 is 0 Å². The Morgan fingerprint density at radius 3 is 1.90 bits per heavy atom. The lowest BCUT2D eigenvalue weighted by molar-refractivity contribution is -0.142. The van der Waals surface area contributed by atoms with Gasteiger partial charge in [0.05, 0.1) is 5.92 Å². The maximum absolute atomic E-state index is 11.3. The van der Waals surface area contributed by atoms with Crippen LogP contribution in [-0.4, -0.2) is 11.1 Å². The van der Waals surface area contributed by atoms with Gasteiger partial charge >= 0.3 is 5.97 Å². The molecule has 1 N–H and O–H groups in total. The normalized spacial score (nSPS) is 28.6. The van der Waals surface area contributed by atoms with Crippen molar-refractivity contribution in [2.45, 2.75) is 77.0 Å². The number of aliphatic carboxylic acids is 1. The molecule has 0 aliphatic heterocycles. The maximum Gasteiger partial charge on any atom is 0.310 e. The van der Waals surface area contributed by atoms with E-state index in [0.717, 1.165) is 35.1 Å². The number of hydrogen-bond donors (Lipinski definition) is 1. The molecule has 0 amide bonds. The quantitative estimate of drug-likeness (QED) is 0.383. The summed E-state index contributed by atoms with van der Waals surface area (Å²) in [6, 6.07) is 8.80. The predicted octanol–water partition coefficient (Wildman–Crippen LogP) is 7.66. The molecule has 1 unspecified atom stereocenters. The molecule has 0 bridgehead atoms. The Hall–Kier alpha value is -1.09. The van der Waals surface area contributed by atoms with E-state index < -0.39 is 5.97 Å². The van der Waals surface area contributed by atoms with Gasteiger partial charge in [-0.15, -0.1) is 6.58 Å². The summed E-state index contributed by atoms with van der Waals surface area (Å²) < 4.78 is 1.16. The van der Waals surface area contributed by atoms with Gasteiger partial charge in [-0.2, -0.15) is 0 Å². The Morgan fingerprint density at radius 2 is 1.41 bits per heavy atom. The summed E-state index contributed by atoms with van der Waals surface area (Å²) in [6.07, 6.45) is 17.1. The van der Waals surface area contributed by atoms with Gasteiger partial charge in [-0.05, 0) is 67.1 Å². The summed E-state index contributed by atoms with van der Waals surface area (Å²) in [5, 5.41) is 9.33. The van der Waals surface area contributed by atoms with Crippen LogP contribution in [0.15, 0.2) is 41.4 Å². The second kappa shape index (κ2) is 11.3. The number of aryl methyl sites for hydroxylation is 1. The van der Waals surface area contributed by atoms with Crippen LogP contribution in [-0.2, 0) is 11.2 Å². The fraction of sp³-hybridized carbons (Fsp3) is 0.654. The summed E-state index contributed by atoms with van der Waals surface area (Å²) >= 11 is 3.51. The second-order valence-electron chi connectivity index (χ2n) is 9.51. The average Bonchev–Trinajstić information content (AvgIpc) is 2.74. The van der Waals surface area contributed by atoms with E-state index in [1.54, 1.807) is 6.08 Å². The van der Waals surface area contributed by atoms with Crippen LogP contribution in [0.4, 0.5) is 0 Å². The molecule has 2 aliphatic rings. The summed E-state index contributed by atoms with van der Waals surface area (Å²) in [6.45, 7) is 3.73. The summed E-state index contributed by atoms with van der Waals surface area (Å²) in [4.78, 5) is 11.3. The Labute approximate surface area is 185 Å². The van der Waals surface area contributed by atoms with Crippen LogP contribution in [0, 0.1) is 29.6 Å². The molecule has 1 atom stereocenters. The SMILES string of the molecule is C=CC(C(=O)O)[C@H]1CC[C@H](CC[C@H]2CC[C@H](CCc3ccc(Br)cc3)CC2)CC1. The van der Waals surface area contributed by atoms with Crippen molar-refractivity contribution in [1.29, 1.82) is 0 Å². The molecule has 1 aromatic rings. The molecule has 0 heterocycles. The molecular weight excluding hydrogens is 424 g/mol. The molecule has 2 fully saturated rings. The van der Waals surface area contributed by atoms with Crippen LogP contribution in [0.2, 0.25) is 0 Å². The molecule has 2 aliphatic carbocycles. The zero-order valence-electron chi connectivity index (χ0n) is 17.7. The van der Waals surface area contributed by atoms with E-state index in [1.165, 1.54) is 69.8 Å². The van der Waals surface area contributed by atoms with Gasteiger partial charge in [0.1, 0.15) is 0 Å². The fourth-order valence-electron chi connectivity index (χ4n) is 5.63. The lowest BCUT2D eigenvalue weighted by Crippen LogP contribution is -2.26. The molecule has 2 saturated carbocycles. The van der Waals surface area contributed by atoms with Gasteiger partial charge in [0, 0.05) is 4.47 Å². The van der Waals surface area contributed by atoms with Crippen molar-refractivity contribution in [1.82, 2.24) is 0 Å². The number of hydrogen-bond acceptors (Lipinski definition) is 1. The lowest BCUT2D eigenvalue weighted by atomic mass is 9.72. The molecule has 29 heavy (non-hydrogen) atoms. The summed E-state index contributed by atoms with van der Waals surface area (Å²) in [5.41, 5.74) is 1.47. The smallest absolute Gasteiger partial charge is 0.310 e. The summed E-state index contributed by atoms with van der Waals surface area (Å²) in [7, 11) is 0. The van der Waals surface area contributed by atoms with Crippen LogP contribution in [0.5, 0.6) is 0 Å². The Bertz CT molecular complexity index is 637. The van der Waals surface area contributed by atoms with E-state index in [2.05, 4.69) is 46.8 Å². The molecule has 2 nitrogen and oxygen atoms in total. The zero-order chi connectivity index (χ0) is 20.6. The molecule has 0 aromatic heterocycles. The largest absolute Gasteiger partial charge is 0.481 e. The lowest BCUT2D eigenvalue weighted by Gasteiger charge is -2.33. The van der Waals surface area contributed by atoms with Gasteiger partial charge in [0.25, 0.3) is 0 Å². The van der Waals surface area contributed by atoms with Crippen LogP contribution >= 0.6 is 15.9 Å². The number of benzene rings is 1. The minimum Gasteiger partial charge on any atom is -0.481 e. The van der Waals surface area contributed by atoms with Gasteiger partial charge in [-0.25, -0.2) is 0 Å². The Morgan fingerprint density at radius 1 is 0.931 bits per heavy atom. The third kappa shape index (κ3) is 6.98. The monoisotopic (exact) mass is 460 g/mol. The van der Waals surface area contributed by atoms with Gasteiger partial charge in [-0.3, -0.25) is 4.79 Å². The Balaban J connectivity index is 1.30. The second-order valence-corrected chi connectivity index (χ2v) is 10.4. The van der Waals surface area contributed by atoms with Crippen LogP contribution in [0.1, 0.15) is 76.2 Å². The van der Waals surface area contributed by atoms with Gasteiger partial charge in [0.2, 0.25) is 0 Å². The maximum atomic E-state index is 11.3. The van der Waals surface area contributed by atoms with Crippen molar-refractivity contribution in [3.05, 3.63) is 47.0 Å². The third-order valence-electron chi connectivity index (χ3n) is 7.64. The molecule has 0 radical (unpaired) electrons. The number of rotatable bonds is 9. The van der Waals surface area contributed by atoms with E-state index in [-0.39, 0.29) is 5.92 Å². The minimum atomic E-state index is -0.694. The van der Waals surface area contributed by atoms with Crippen molar-refractivity contribution in [2.24, 2.45) is 29.6 Å². The van der Waals surface area contributed by atoms with Crippen molar-refractivity contribution in [2.75, 3.05) is 0 Å². The zero-order valence-corrected chi connectivity index (χ0v) is 19.3. The standard InChI is InChI=1S/C26H37BrO2/c1-2-25(26(28)29)23-15-11-21(12-16-23)9-7-19-3-5-20(6-4-19)8-10-22-13-17-24(27)18-14-22/h2,13-14,17-21,23,25H,1,3-12,15-16H2,(H,28,29)/t19-,20-,21-,23-,25?. The number of carbonyl (C=O) groups is 1. The van der Waals surface area contributed by atoms with E-state index in [0.29, 0.717) is 5.92 Å². The van der Waals surface area contributed by atoms with Gasteiger partial charge in [0.15, 0.2) is 0 Å². The minimum absolute atomic E-state index is 0.308. The number of carboxylic acids is 1. The van der Waals surface area contributed by atoms with Crippen LogP contribution < -0.4 is 0 Å². The predicted molar refractivity (Wildman–Crippen MR) is 124 cm³/mol. The summed E-state index contributed by atoms with van der Waals surface area (Å²) in [5.74, 6) is 1.93. The highest BCUT2D eigenvalue weighted by molar-refractivity contribution is 9.10. The van der Waals surface area contributed by atoms with Gasteiger partial charge < -0.3 is 5.11 Å². The molecule has 3 heteroatoms. The van der Waals surface area contributed by atoms with Crippen molar-refractivity contribution >= 4 is 21.9 Å². The van der Waals surface area contributed by atoms with E-state index in [9.17, 15) is 9.90 Å². The van der Waals surface area contributed by atoms with Gasteiger partial charge in [-0.1, -0.05) is 85.5 Å². The highest BCUT2D eigenvalue weighted by atomic mass is 79.9. The highest BCUT2D eigenvalue weighted by Gasteiger charge is 2.30. The van der Waals surface area contributed by atoms with Crippen molar-refractivity contribution in [3.8, 4) is 0 Å². The molecule has 0 saturated heterocycles. The first-order valence-corrected chi connectivity index (χ1v) is 12.4. The first-order chi connectivity index (χ1) is 14.0. The molecular formula is C26H37BrO2. The van der Waals surface area contributed by atoms with E-state index in [4.69, 9.17) is 0 Å². The number of halogens is 1. The first-order valence-electron chi connectivity index (χ1n) is 11.6. The number of carboxylic acid groups (broad SMARTS) is 1. The van der Waals surface area contributed by atoms with Crippen LogP contribution in [0.3, 0.4) is 0 Å². The third-order valence-corrected chi connectivity index (χ3v) is 8.17. The highest BCUT2D eigenvalue weighted by Crippen LogP contribution is 2.39. The Kier molecular flexibility index (Phi) is 8.84. The first kappa shape index (κ1) is 22.6. The molecule has 1 aromatic carbocycles.